The molecule has 0 radical (unpaired) electrons. The van der Waals surface area contributed by atoms with Crippen molar-refractivity contribution in [3.63, 3.8) is 0 Å². The first kappa shape index (κ1) is 16.0. The highest BCUT2D eigenvalue weighted by atomic mass is 16.2. The standard InChI is InChI=1S/C18H28N2O/c1-5-11-20-17(15-9-7-14(6-2)8-10-15)19-16(18(20)21)12-13(3)4/h7-10,13,16-17,19H,5-6,11-12H2,1-4H3. The lowest BCUT2D eigenvalue weighted by Gasteiger charge is -2.24. The molecule has 1 aromatic carbocycles. The highest BCUT2D eigenvalue weighted by Crippen LogP contribution is 2.28. The second-order valence-corrected chi connectivity index (χ2v) is 6.38. The van der Waals surface area contributed by atoms with Crippen LogP contribution < -0.4 is 5.32 Å². The van der Waals surface area contributed by atoms with Gasteiger partial charge in [-0.15, -0.1) is 0 Å². The molecule has 3 nitrogen and oxygen atoms in total. The number of hydrogen-bond donors (Lipinski definition) is 1. The maximum Gasteiger partial charge on any atom is 0.241 e. The summed E-state index contributed by atoms with van der Waals surface area (Å²) in [4.78, 5) is 14.6. The number of rotatable bonds is 6. The van der Waals surface area contributed by atoms with Crippen LogP contribution in [0.5, 0.6) is 0 Å². The van der Waals surface area contributed by atoms with Crippen LogP contribution in [0.2, 0.25) is 0 Å². The Balaban J connectivity index is 2.20. The lowest BCUT2D eigenvalue weighted by molar-refractivity contribution is -0.130. The molecule has 1 aliphatic rings. The van der Waals surface area contributed by atoms with Gasteiger partial charge in [0.25, 0.3) is 0 Å². The Bertz CT molecular complexity index is 467. The molecule has 3 heteroatoms. The normalized spacial score (nSPS) is 22.3. The number of nitrogens with zero attached hydrogens (tertiary/aromatic N) is 1. The van der Waals surface area contributed by atoms with E-state index in [2.05, 4.69) is 57.3 Å². The fourth-order valence-electron chi connectivity index (χ4n) is 3.01. The number of aryl methyl sites for hydroxylation is 1. The van der Waals surface area contributed by atoms with Crippen LogP contribution in [-0.4, -0.2) is 23.4 Å². The quantitative estimate of drug-likeness (QED) is 0.869. The van der Waals surface area contributed by atoms with Crippen LogP contribution in [0, 0.1) is 5.92 Å². The van der Waals surface area contributed by atoms with Crippen molar-refractivity contribution >= 4 is 5.91 Å². The molecule has 116 valence electrons. The lowest BCUT2D eigenvalue weighted by atomic mass is 10.0. The summed E-state index contributed by atoms with van der Waals surface area (Å²) in [6.07, 6.45) is 2.98. The number of nitrogens with one attached hydrogen (secondary N) is 1. The van der Waals surface area contributed by atoms with Gasteiger partial charge in [-0.3, -0.25) is 10.1 Å². The fraction of sp³-hybridized carbons (Fsp3) is 0.611. The third-order valence-electron chi connectivity index (χ3n) is 4.13. The Morgan fingerprint density at radius 1 is 1.19 bits per heavy atom. The first-order valence-electron chi connectivity index (χ1n) is 8.22. The minimum Gasteiger partial charge on any atom is -0.322 e. The van der Waals surface area contributed by atoms with Crippen molar-refractivity contribution in [3.8, 4) is 0 Å². The highest BCUT2D eigenvalue weighted by molar-refractivity contribution is 5.84. The van der Waals surface area contributed by atoms with E-state index in [1.807, 2.05) is 4.90 Å². The van der Waals surface area contributed by atoms with Gasteiger partial charge < -0.3 is 4.90 Å². The van der Waals surface area contributed by atoms with E-state index in [9.17, 15) is 4.79 Å². The van der Waals surface area contributed by atoms with Gasteiger partial charge >= 0.3 is 0 Å². The van der Waals surface area contributed by atoms with Crippen molar-refractivity contribution in [2.24, 2.45) is 5.92 Å². The summed E-state index contributed by atoms with van der Waals surface area (Å²) in [5.41, 5.74) is 2.53. The predicted molar refractivity (Wildman–Crippen MR) is 86.9 cm³/mol. The van der Waals surface area contributed by atoms with Crippen molar-refractivity contribution in [1.82, 2.24) is 10.2 Å². The van der Waals surface area contributed by atoms with Gasteiger partial charge in [0.15, 0.2) is 0 Å². The molecule has 1 aromatic rings. The molecule has 1 amide bonds. The van der Waals surface area contributed by atoms with E-state index in [0.717, 1.165) is 25.8 Å². The van der Waals surface area contributed by atoms with Crippen molar-refractivity contribution in [2.75, 3.05) is 6.54 Å². The number of amides is 1. The Kier molecular flexibility index (Phi) is 5.40. The lowest BCUT2D eigenvalue weighted by Crippen LogP contribution is -2.32. The van der Waals surface area contributed by atoms with Crippen LogP contribution in [0.3, 0.4) is 0 Å². The third kappa shape index (κ3) is 3.65. The SMILES string of the molecule is CCCN1C(=O)C(CC(C)C)NC1c1ccc(CC)cc1. The summed E-state index contributed by atoms with van der Waals surface area (Å²) < 4.78 is 0. The minimum atomic E-state index is -0.0348. The molecule has 0 saturated carbocycles. The molecular formula is C18H28N2O. The Morgan fingerprint density at radius 2 is 1.86 bits per heavy atom. The summed E-state index contributed by atoms with van der Waals surface area (Å²) in [7, 11) is 0. The second-order valence-electron chi connectivity index (χ2n) is 6.38. The average molecular weight is 288 g/mol. The molecular weight excluding hydrogens is 260 g/mol. The minimum absolute atomic E-state index is 0.0344. The average Bonchev–Trinajstić information content (AvgIpc) is 2.76. The Hall–Kier alpha value is -1.35. The molecule has 2 rings (SSSR count). The fourth-order valence-corrected chi connectivity index (χ4v) is 3.01. The van der Waals surface area contributed by atoms with Crippen molar-refractivity contribution in [1.29, 1.82) is 0 Å². The van der Waals surface area contributed by atoms with Gasteiger partial charge in [-0.05, 0) is 36.3 Å². The van der Waals surface area contributed by atoms with Gasteiger partial charge in [0.05, 0.1) is 6.04 Å². The molecule has 0 spiro atoms. The van der Waals surface area contributed by atoms with E-state index >= 15 is 0 Å². The van der Waals surface area contributed by atoms with Gasteiger partial charge in [0.2, 0.25) is 5.91 Å². The van der Waals surface area contributed by atoms with Gasteiger partial charge in [-0.2, -0.15) is 0 Å². The number of carbonyl (C=O) groups is 1. The van der Waals surface area contributed by atoms with Crippen LogP contribution in [0.4, 0.5) is 0 Å². The van der Waals surface area contributed by atoms with E-state index in [1.54, 1.807) is 0 Å². The summed E-state index contributed by atoms with van der Waals surface area (Å²) in [6.45, 7) is 9.44. The van der Waals surface area contributed by atoms with Crippen molar-refractivity contribution < 1.29 is 4.79 Å². The molecule has 1 saturated heterocycles. The van der Waals surface area contributed by atoms with Crippen LogP contribution in [0.25, 0.3) is 0 Å². The number of benzene rings is 1. The summed E-state index contributed by atoms with van der Waals surface area (Å²) >= 11 is 0. The first-order valence-corrected chi connectivity index (χ1v) is 8.22. The van der Waals surface area contributed by atoms with Gasteiger partial charge in [0, 0.05) is 6.54 Å². The van der Waals surface area contributed by atoms with Crippen molar-refractivity contribution in [2.45, 2.75) is 59.2 Å². The van der Waals surface area contributed by atoms with Crippen LogP contribution in [0.15, 0.2) is 24.3 Å². The van der Waals surface area contributed by atoms with Gasteiger partial charge in [-0.1, -0.05) is 52.0 Å². The molecule has 21 heavy (non-hydrogen) atoms. The van der Waals surface area contributed by atoms with Crippen LogP contribution >= 0.6 is 0 Å². The molecule has 1 heterocycles. The third-order valence-corrected chi connectivity index (χ3v) is 4.13. The van der Waals surface area contributed by atoms with Crippen LogP contribution in [-0.2, 0) is 11.2 Å². The van der Waals surface area contributed by atoms with E-state index < -0.39 is 0 Å². The van der Waals surface area contributed by atoms with Crippen molar-refractivity contribution in [3.05, 3.63) is 35.4 Å². The smallest absolute Gasteiger partial charge is 0.241 e. The summed E-state index contributed by atoms with van der Waals surface area (Å²) in [5, 5.41) is 3.54. The van der Waals surface area contributed by atoms with E-state index in [-0.39, 0.29) is 18.1 Å². The monoisotopic (exact) mass is 288 g/mol. The highest BCUT2D eigenvalue weighted by Gasteiger charge is 2.38. The van der Waals surface area contributed by atoms with E-state index in [0.29, 0.717) is 5.92 Å². The van der Waals surface area contributed by atoms with E-state index in [1.165, 1.54) is 11.1 Å². The first-order chi connectivity index (χ1) is 10.1. The molecule has 0 bridgehead atoms. The number of hydrogen-bond acceptors (Lipinski definition) is 2. The molecule has 1 aliphatic heterocycles. The molecule has 2 unspecified atom stereocenters. The molecule has 0 aliphatic carbocycles. The molecule has 1 fully saturated rings. The topological polar surface area (TPSA) is 32.3 Å². The maximum absolute atomic E-state index is 12.6. The molecule has 2 atom stereocenters. The molecule has 0 aromatic heterocycles. The second kappa shape index (κ2) is 7.08. The Labute approximate surface area is 128 Å². The molecule has 1 N–H and O–H groups in total. The summed E-state index contributed by atoms with van der Waals surface area (Å²) in [5.74, 6) is 0.784. The predicted octanol–water partition coefficient (Wildman–Crippen LogP) is 3.50. The summed E-state index contributed by atoms with van der Waals surface area (Å²) in [6, 6.07) is 8.62. The zero-order valence-corrected chi connectivity index (χ0v) is 13.7. The number of carbonyl (C=O) groups excluding carboxylic acids is 1. The Morgan fingerprint density at radius 3 is 2.38 bits per heavy atom. The maximum atomic E-state index is 12.6. The van der Waals surface area contributed by atoms with Gasteiger partial charge in [-0.25, -0.2) is 0 Å². The van der Waals surface area contributed by atoms with Gasteiger partial charge in [0.1, 0.15) is 6.17 Å². The van der Waals surface area contributed by atoms with E-state index in [4.69, 9.17) is 0 Å². The zero-order chi connectivity index (χ0) is 15.4. The zero-order valence-electron chi connectivity index (χ0n) is 13.7. The largest absolute Gasteiger partial charge is 0.322 e. The van der Waals surface area contributed by atoms with Crippen LogP contribution in [0.1, 0.15) is 57.8 Å².